The molecule has 3 rings (SSSR count). The van der Waals surface area contributed by atoms with E-state index in [2.05, 4.69) is 42.2 Å². The zero-order valence-corrected chi connectivity index (χ0v) is 16.4. The van der Waals surface area contributed by atoms with Crippen LogP contribution in [-0.4, -0.2) is 54.4 Å². The fourth-order valence-electron chi connectivity index (χ4n) is 3.39. The summed E-state index contributed by atoms with van der Waals surface area (Å²) in [7, 11) is 1.55. The Labute approximate surface area is 160 Å². The van der Waals surface area contributed by atoms with Crippen molar-refractivity contribution in [1.82, 2.24) is 15.1 Å². The molecule has 0 aliphatic carbocycles. The van der Waals surface area contributed by atoms with E-state index in [0.29, 0.717) is 25.0 Å². The highest BCUT2D eigenvalue weighted by molar-refractivity contribution is 5.77. The summed E-state index contributed by atoms with van der Waals surface area (Å²) in [5.41, 5.74) is 3.40. The van der Waals surface area contributed by atoms with Crippen LogP contribution in [0.5, 0.6) is 5.75 Å². The number of benzene rings is 1. The molecule has 6 heteroatoms. The van der Waals surface area contributed by atoms with Gasteiger partial charge in [0.1, 0.15) is 12.4 Å². The van der Waals surface area contributed by atoms with Gasteiger partial charge in [0.15, 0.2) is 0 Å². The number of rotatable bonds is 8. The van der Waals surface area contributed by atoms with Crippen molar-refractivity contribution in [2.45, 2.75) is 38.5 Å². The van der Waals surface area contributed by atoms with Crippen LogP contribution >= 0.6 is 0 Å². The van der Waals surface area contributed by atoms with Gasteiger partial charge in [-0.25, -0.2) is 0 Å². The van der Waals surface area contributed by atoms with E-state index in [4.69, 9.17) is 9.47 Å². The Kier molecular flexibility index (Phi) is 6.50. The van der Waals surface area contributed by atoms with Gasteiger partial charge >= 0.3 is 0 Å². The first-order valence-corrected chi connectivity index (χ1v) is 9.60. The number of likely N-dealkylation sites (tertiary alicyclic amines) is 1. The van der Waals surface area contributed by atoms with Crippen LogP contribution in [0.2, 0.25) is 0 Å². The molecule has 1 aliphatic rings. The number of nitrogens with one attached hydrogen (secondary N) is 1. The summed E-state index contributed by atoms with van der Waals surface area (Å²) in [5, 5.41) is 7.55. The first kappa shape index (κ1) is 19.4. The number of aromatic amines is 1. The number of H-pyrrole nitrogens is 1. The Morgan fingerprint density at radius 2 is 2.11 bits per heavy atom. The Morgan fingerprint density at radius 3 is 2.81 bits per heavy atom. The summed E-state index contributed by atoms with van der Waals surface area (Å²) < 4.78 is 10.8. The van der Waals surface area contributed by atoms with Crippen molar-refractivity contribution < 1.29 is 14.3 Å². The molecule has 2 heterocycles. The highest BCUT2D eigenvalue weighted by atomic mass is 16.5. The van der Waals surface area contributed by atoms with Crippen LogP contribution in [0.4, 0.5) is 0 Å². The van der Waals surface area contributed by atoms with Gasteiger partial charge in [-0.3, -0.25) is 9.89 Å². The summed E-state index contributed by atoms with van der Waals surface area (Å²) in [4.78, 5) is 13.8. The molecule has 1 aliphatic heterocycles. The molecular weight excluding hydrogens is 342 g/mol. The van der Waals surface area contributed by atoms with Crippen molar-refractivity contribution in [2.75, 3.05) is 33.4 Å². The van der Waals surface area contributed by atoms with Crippen LogP contribution in [-0.2, 0) is 16.0 Å². The second kappa shape index (κ2) is 9.04. The molecule has 1 saturated heterocycles. The van der Waals surface area contributed by atoms with Gasteiger partial charge in [0, 0.05) is 38.2 Å². The molecular formula is C21H29N3O3. The van der Waals surface area contributed by atoms with E-state index < -0.39 is 0 Å². The predicted octanol–water partition coefficient (Wildman–Crippen LogP) is 3.12. The Morgan fingerprint density at radius 1 is 1.33 bits per heavy atom. The number of nitrogens with zero attached hydrogens (tertiary/aromatic N) is 2. The number of methoxy groups -OCH3 is 1. The maximum atomic E-state index is 11.9. The van der Waals surface area contributed by atoms with Crippen LogP contribution in [0, 0.1) is 0 Å². The highest BCUT2D eigenvalue weighted by Gasteiger charge is 2.28. The summed E-state index contributed by atoms with van der Waals surface area (Å²) in [6.45, 7) is 6.60. The van der Waals surface area contributed by atoms with Crippen molar-refractivity contribution >= 4 is 5.91 Å². The largest absolute Gasteiger partial charge is 0.493 e. The zero-order valence-electron chi connectivity index (χ0n) is 16.4. The van der Waals surface area contributed by atoms with Crippen LogP contribution in [0.3, 0.4) is 0 Å². The Bertz CT molecular complexity index is 739. The SMILES string of the molecule is COCC(=O)N1CC[C@H](c2cc(CCOc3ccc(C(C)C)cc3)[nH]n2)C1. The summed E-state index contributed by atoms with van der Waals surface area (Å²) in [5.74, 6) is 1.76. The van der Waals surface area contributed by atoms with E-state index in [1.807, 2.05) is 17.0 Å². The molecule has 1 atom stereocenters. The lowest BCUT2D eigenvalue weighted by Gasteiger charge is -2.15. The molecule has 0 bridgehead atoms. The molecule has 1 N–H and O–H groups in total. The second-order valence-corrected chi connectivity index (χ2v) is 7.40. The smallest absolute Gasteiger partial charge is 0.248 e. The average molecular weight is 371 g/mol. The van der Waals surface area contributed by atoms with Crippen LogP contribution in [0.1, 0.15) is 49.1 Å². The third-order valence-electron chi connectivity index (χ3n) is 5.06. The minimum absolute atomic E-state index is 0.0487. The average Bonchev–Trinajstić information content (AvgIpc) is 3.32. The van der Waals surface area contributed by atoms with E-state index in [1.165, 1.54) is 5.56 Å². The number of ether oxygens (including phenoxy) is 2. The summed E-state index contributed by atoms with van der Waals surface area (Å²) in [6, 6.07) is 10.4. The molecule has 2 aromatic rings. The Hall–Kier alpha value is -2.34. The number of hydrogen-bond acceptors (Lipinski definition) is 4. The molecule has 27 heavy (non-hydrogen) atoms. The monoisotopic (exact) mass is 371 g/mol. The van der Waals surface area contributed by atoms with Crippen LogP contribution in [0.15, 0.2) is 30.3 Å². The van der Waals surface area contributed by atoms with E-state index in [0.717, 1.165) is 36.5 Å². The maximum absolute atomic E-state index is 11.9. The van der Waals surface area contributed by atoms with Gasteiger partial charge in [0.2, 0.25) is 5.91 Å². The topological polar surface area (TPSA) is 67.4 Å². The van der Waals surface area contributed by atoms with E-state index >= 15 is 0 Å². The van der Waals surface area contributed by atoms with Gasteiger partial charge in [-0.1, -0.05) is 26.0 Å². The molecule has 1 fully saturated rings. The predicted molar refractivity (Wildman–Crippen MR) is 104 cm³/mol. The third-order valence-corrected chi connectivity index (χ3v) is 5.06. The van der Waals surface area contributed by atoms with Crippen molar-refractivity contribution in [1.29, 1.82) is 0 Å². The quantitative estimate of drug-likeness (QED) is 0.774. The molecule has 0 unspecified atom stereocenters. The molecule has 146 valence electrons. The molecule has 1 aromatic carbocycles. The van der Waals surface area contributed by atoms with Crippen molar-refractivity contribution in [3.05, 3.63) is 47.3 Å². The van der Waals surface area contributed by atoms with Crippen molar-refractivity contribution in [3.8, 4) is 5.75 Å². The molecule has 1 amide bonds. The van der Waals surface area contributed by atoms with Crippen LogP contribution in [0.25, 0.3) is 0 Å². The van der Waals surface area contributed by atoms with Gasteiger partial charge in [-0.2, -0.15) is 5.10 Å². The van der Waals surface area contributed by atoms with E-state index in [-0.39, 0.29) is 12.5 Å². The summed E-state index contributed by atoms with van der Waals surface area (Å²) >= 11 is 0. The minimum Gasteiger partial charge on any atom is -0.493 e. The molecule has 6 nitrogen and oxygen atoms in total. The minimum atomic E-state index is 0.0487. The first-order chi connectivity index (χ1) is 13.1. The highest BCUT2D eigenvalue weighted by Crippen LogP contribution is 2.26. The lowest BCUT2D eigenvalue weighted by Crippen LogP contribution is -2.31. The number of hydrogen-bond donors (Lipinski definition) is 1. The van der Waals surface area contributed by atoms with E-state index in [9.17, 15) is 4.79 Å². The van der Waals surface area contributed by atoms with Crippen molar-refractivity contribution in [3.63, 3.8) is 0 Å². The van der Waals surface area contributed by atoms with Crippen molar-refractivity contribution in [2.24, 2.45) is 0 Å². The summed E-state index contributed by atoms with van der Waals surface area (Å²) in [6.07, 6.45) is 1.72. The standard InChI is InChI=1S/C21H29N3O3/c1-15(2)16-4-6-19(7-5-16)27-11-9-18-12-20(23-22-18)17-8-10-24(13-17)21(25)14-26-3/h4-7,12,15,17H,8-11,13-14H2,1-3H3,(H,22,23)/t17-/m0/s1. The van der Waals surface area contributed by atoms with Crippen LogP contribution < -0.4 is 4.74 Å². The Balaban J connectivity index is 1.46. The van der Waals surface area contributed by atoms with E-state index in [1.54, 1.807) is 7.11 Å². The lowest BCUT2D eigenvalue weighted by molar-refractivity contribution is -0.134. The number of carbonyl (C=O) groups is 1. The van der Waals surface area contributed by atoms with Gasteiger partial charge < -0.3 is 14.4 Å². The van der Waals surface area contributed by atoms with Gasteiger partial charge in [-0.15, -0.1) is 0 Å². The fourth-order valence-corrected chi connectivity index (χ4v) is 3.39. The normalized spacial score (nSPS) is 16.9. The molecule has 0 radical (unpaired) electrons. The molecule has 1 aromatic heterocycles. The third kappa shape index (κ3) is 5.10. The zero-order chi connectivity index (χ0) is 19.2. The number of aromatic nitrogens is 2. The molecule has 0 spiro atoms. The second-order valence-electron chi connectivity index (χ2n) is 7.40. The van der Waals surface area contributed by atoms with Gasteiger partial charge in [-0.05, 0) is 36.1 Å². The number of amides is 1. The van der Waals surface area contributed by atoms with Gasteiger partial charge in [0.05, 0.1) is 12.3 Å². The van der Waals surface area contributed by atoms with Gasteiger partial charge in [0.25, 0.3) is 0 Å². The first-order valence-electron chi connectivity index (χ1n) is 9.60. The fraction of sp³-hybridized carbons (Fsp3) is 0.524. The lowest BCUT2D eigenvalue weighted by atomic mass is 10.0. The molecule has 0 saturated carbocycles. The maximum Gasteiger partial charge on any atom is 0.248 e. The number of carbonyl (C=O) groups excluding carboxylic acids is 1.